The van der Waals surface area contributed by atoms with Crippen LogP contribution in [0.3, 0.4) is 0 Å². The van der Waals surface area contributed by atoms with E-state index in [9.17, 15) is 4.79 Å². The van der Waals surface area contributed by atoms with E-state index < -0.39 is 6.29 Å². The van der Waals surface area contributed by atoms with Gasteiger partial charge < -0.3 is 14.8 Å². The minimum Gasteiger partial charge on any atom is -0.459 e. The van der Waals surface area contributed by atoms with Gasteiger partial charge in [0.2, 0.25) is 6.29 Å². The van der Waals surface area contributed by atoms with Gasteiger partial charge in [0.25, 0.3) is 5.91 Å². The average molecular weight is 468 g/mol. The molecule has 0 saturated carbocycles. The molecule has 1 aliphatic carbocycles. The molecule has 0 fully saturated rings. The number of fused-ring (bicyclic) bond motifs is 3. The van der Waals surface area contributed by atoms with Crippen molar-refractivity contribution in [2.24, 2.45) is 0 Å². The first-order chi connectivity index (χ1) is 17.2. The van der Waals surface area contributed by atoms with Crippen molar-refractivity contribution in [3.05, 3.63) is 107 Å². The van der Waals surface area contributed by atoms with Gasteiger partial charge in [-0.3, -0.25) is 4.79 Å². The van der Waals surface area contributed by atoms with E-state index in [1.165, 1.54) is 27.8 Å². The molecule has 2 atom stereocenters. The van der Waals surface area contributed by atoms with Crippen LogP contribution in [0.2, 0.25) is 0 Å². The number of amides is 1. The molecule has 3 aromatic carbocycles. The van der Waals surface area contributed by atoms with Crippen molar-refractivity contribution in [2.75, 3.05) is 6.61 Å². The van der Waals surface area contributed by atoms with Crippen LogP contribution in [0.15, 0.2) is 84.6 Å². The molecule has 0 spiro atoms. The van der Waals surface area contributed by atoms with E-state index in [0.717, 1.165) is 31.2 Å². The maximum atomic E-state index is 13.0. The summed E-state index contributed by atoms with van der Waals surface area (Å²) in [6.07, 6.45) is 6.46. The number of carbonyl (C=O) groups is 1. The third-order valence-electron chi connectivity index (χ3n) is 6.87. The van der Waals surface area contributed by atoms with Crippen LogP contribution in [0, 0.1) is 0 Å². The van der Waals surface area contributed by atoms with E-state index in [-0.39, 0.29) is 11.8 Å². The molecule has 4 nitrogen and oxygen atoms in total. The highest BCUT2D eigenvalue weighted by Crippen LogP contribution is 2.39. The van der Waals surface area contributed by atoms with Gasteiger partial charge in [0.15, 0.2) is 5.76 Å². The zero-order chi connectivity index (χ0) is 24.0. The molecule has 180 valence electrons. The number of hydrogen-bond donors (Lipinski definition) is 1. The summed E-state index contributed by atoms with van der Waals surface area (Å²) in [5, 5.41) is 3.00. The quantitative estimate of drug-likeness (QED) is 0.286. The molecule has 1 heterocycles. The second kappa shape index (κ2) is 10.9. The minimum atomic E-state index is -0.426. The first-order valence-electron chi connectivity index (χ1n) is 12.7. The van der Waals surface area contributed by atoms with Gasteiger partial charge in [-0.1, -0.05) is 92.6 Å². The van der Waals surface area contributed by atoms with Gasteiger partial charge in [0.05, 0.1) is 6.61 Å². The fraction of sp³-hybridized carbons (Fsp3) is 0.323. The number of ether oxygens (including phenoxy) is 2. The van der Waals surface area contributed by atoms with Crippen LogP contribution in [0.1, 0.15) is 60.8 Å². The number of nitrogens with one attached hydrogen (secondary N) is 1. The number of benzene rings is 3. The molecule has 0 aromatic heterocycles. The fourth-order valence-corrected chi connectivity index (χ4v) is 4.98. The van der Waals surface area contributed by atoms with Gasteiger partial charge in [-0.05, 0) is 52.3 Å². The van der Waals surface area contributed by atoms with Gasteiger partial charge in [0.1, 0.15) is 0 Å². The molecular formula is C31H33NO3. The lowest BCUT2D eigenvalue weighted by Crippen LogP contribution is -2.32. The Kier molecular flexibility index (Phi) is 7.29. The van der Waals surface area contributed by atoms with E-state index in [1.54, 1.807) is 0 Å². The molecule has 0 bridgehead atoms. The molecule has 2 aliphatic rings. The van der Waals surface area contributed by atoms with Gasteiger partial charge in [-0.25, -0.2) is 0 Å². The summed E-state index contributed by atoms with van der Waals surface area (Å²) >= 11 is 0. The number of unbranched alkanes of at least 4 members (excludes halogenated alkanes) is 2. The summed E-state index contributed by atoms with van der Waals surface area (Å²) in [6, 6.07) is 25.3. The van der Waals surface area contributed by atoms with Gasteiger partial charge >= 0.3 is 0 Å². The standard InChI is InChI=1S/C31H33NO3/c1-2-3-9-16-34-30-20-25(19-29(35-30)31(33)32-21-22-10-5-4-6-11-22)23-14-15-28-26(17-23)18-24-12-7-8-13-27(24)28/h4-8,10-15,17,19,25,30H,2-3,9,16,18,20-21H2,1H3,(H,32,33)/t25-,30+/m1/s1. The predicted octanol–water partition coefficient (Wildman–Crippen LogP) is 6.49. The molecule has 5 rings (SSSR count). The molecule has 35 heavy (non-hydrogen) atoms. The van der Waals surface area contributed by atoms with E-state index in [0.29, 0.717) is 25.3 Å². The number of carbonyl (C=O) groups excluding carboxylic acids is 1. The Bertz CT molecular complexity index is 1200. The monoisotopic (exact) mass is 467 g/mol. The maximum absolute atomic E-state index is 13.0. The topological polar surface area (TPSA) is 47.6 Å². The lowest BCUT2D eigenvalue weighted by Gasteiger charge is -2.29. The van der Waals surface area contributed by atoms with E-state index in [1.807, 2.05) is 36.4 Å². The van der Waals surface area contributed by atoms with E-state index in [4.69, 9.17) is 9.47 Å². The van der Waals surface area contributed by atoms with Crippen molar-refractivity contribution in [3.63, 3.8) is 0 Å². The number of rotatable bonds is 9. The molecular weight excluding hydrogens is 434 g/mol. The SMILES string of the molecule is CCCCCO[C@@H]1C[C@H](c2ccc3c(c2)Cc2ccccc2-3)C=C(C(=O)NCc2ccccc2)O1. The number of allylic oxidation sites excluding steroid dienone is 1. The van der Waals surface area contributed by atoms with Crippen LogP contribution in [-0.2, 0) is 27.2 Å². The second-order valence-electron chi connectivity index (χ2n) is 9.42. The van der Waals surface area contributed by atoms with Crippen LogP contribution >= 0.6 is 0 Å². The van der Waals surface area contributed by atoms with E-state index in [2.05, 4.69) is 54.7 Å². The van der Waals surface area contributed by atoms with Crippen LogP contribution in [0.5, 0.6) is 0 Å². The van der Waals surface area contributed by atoms with Gasteiger partial charge in [-0.2, -0.15) is 0 Å². The molecule has 4 heteroatoms. The first-order valence-corrected chi connectivity index (χ1v) is 12.7. The third kappa shape index (κ3) is 5.49. The van der Waals surface area contributed by atoms with Gasteiger partial charge in [0, 0.05) is 18.9 Å². The summed E-state index contributed by atoms with van der Waals surface area (Å²) in [5.41, 5.74) is 7.62. The number of hydrogen-bond acceptors (Lipinski definition) is 3. The van der Waals surface area contributed by atoms with E-state index >= 15 is 0 Å². The predicted molar refractivity (Wildman–Crippen MR) is 139 cm³/mol. The first kappa shape index (κ1) is 23.4. The lowest BCUT2D eigenvalue weighted by atomic mass is 9.90. The van der Waals surface area contributed by atoms with Crippen molar-refractivity contribution in [2.45, 2.75) is 57.8 Å². The Morgan fingerprint density at radius 3 is 2.63 bits per heavy atom. The van der Waals surface area contributed by atoms with Crippen molar-refractivity contribution >= 4 is 5.91 Å². The zero-order valence-electron chi connectivity index (χ0n) is 20.3. The normalized spacial score (nSPS) is 18.3. The van der Waals surface area contributed by atoms with Crippen LogP contribution in [-0.4, -0.2) is 18.8 Å². The van der Waals surface area contributed by atoms with Crippen LogP contribution in [0.4, 0.5) is 0 Å². The summed E-state index contributed by atoms with van der Waals surface area (Å²) in [6.45, 7) is 3.28. The summed E-state index contributed by atoms with van der Waals surface area (Å²) < 4.78 is 12.1. The Morgan fingerprint density at radius 1 is 0.971 bits per heavy atom. The highest BCUT2D eigenvalue weighted by molar-refractivity contribution is 5.91. The van der Waals surface area contributed by atoms with Crippen molar-refractivity contribution < 1.29 is 14.3 Å². The zero-order valence-corrected chi connectivity index (χ0v) is 20.3. The Hall–Kier alpha value is -3.37. The molecule has 1 aliphatic heterocycles. The highest BCUT2D eigenvalue weighted by Gasteiger charge is 2.29. The summed E-state index contributed by atoms with van der Waals surface area (Å²) in [5.74, 6) is 0.210. The Labute approximate surface area is 208 Å². The second-order valence-corrected chi connectivity index (χ2v) is 9.42. The maximum Gasteiger partial charge on any atom is 0.286 e. The molecule has 1 amide bonds. The molecule has 3 aromatic rings. The van der Waals surface area contributed by atoms with Crippen LogP contribution < -0.4 is 5.32 Å². The Balaban J connectivity index is 1.34. The molecule has 0 radical (unpaired) electrons. The largest absolute Gasteiger partial charge is 0.459 e. The smallest absolute Gasteiger partial charge is 0.286 e. The van der Waals surface area contributed by atoms with Gasteiger partial charge in [-0.15, -0.1) is 0 Å². The molecule has 0 saturated heterocycles. The molecule has 1 N–H and O–H groups in total. The van der Waals surface area contributed by atoms with Crippen molar-refractivity contribution in [1.29, 1.82) is 0 Å². The molecule has 0 unspecified atom stereocenters. The summed E-state index contributed by atoms with van der Waals surface area (Å²) in [7, 11) is 0. The van der Waals surface area contributed by atoms with Crippen molar-refractivity contribution in [1.82, 2.24) is 5.32 Å². The summed E-state index contributed by atoms with van der Waals surface area (Å²) in [4.78, 5) is 13.0. The fourth-order valence-electron chi connectivity index (χ4n) is 4.98. The highest BCUT2D eigenvalue weighted by atomic mass is 16.7. The minimum absolute atomic E-state index is 0.0615. The van der Waals surface area contributed by atoms with Crippen molar-refractivity contribution in [3.8, 4) is 11.1 Å². The van der Waals surface area contributed by atoms with Crippen LogP contribution in [0.25, 0.3) is 11.1 Å². The lowest BCUT2D eigenvalue weighted by molar-refractivity contribution is -0.146. The third-order valence-corrected chi connectivity index (χ3v) is 6.87. The average Bonchev–Trinajstić information content (AvgIpc) is 3.28. The Morgan fingerprint density at radius 2 is 1.77 bits per heavy atom.